The van der Waals surface area contributed by atoms with Crippen molar-refractivity contribution in [2.45, 2.75) is 25.9 Å². The molecule has 2 N–H and O–H groups in total. The van der Waals surface area contributed by atoms with Gasteiger partial charge in [0.1, 0.15) is 18.8 Å². The zero-order valence-corrected chi connectivity index (χ0v) is 16.2. The van der Waals surface area contributed by atoms with Gasteiger partial charge in [0.05, 0.1) is 0 Å². The second kappa shape index (κ2) is 7.54. The van der Waals surface area contributed by atoms with Crippen LogP contribution in [0.2, 0.25) is 0 Å². The first-order valence-electron chi connectivity index (χ1n) is 9.34. The summed E-state index contributed by atoms with van der Waals surface area (Å²) in [4.78, 5) is 24.3. The molecule has 0 radical (unpaired) electrons. The molecule has 0 saturated heterocycles. The molecule has 2 aliphatic rings. The highest BCUT2D eigenvalue weighted by Gasteiger charge is 2.32. The minimum absolute atomic E-state index is 0.262. The van der Waals surface area contributed by atoms with E-state index in [2.05, 4.69) is 10.9 Å². The number of ether oxygens (including phenoxy) is 4. The van der Waals surface area contributed by atoms with E-state index in [9.17, 15) is 9.59 Å². The molecule has 0 unspecified atom stereocenters. The van der Waals surface area contributed by atoms with Crippen LogP contribution in [0.3, 0.4) is 0 Å². The topological polar surface area (TPSA) is 95.1 Å². The molecule has 0 aliphatic carbocycles. The third-order valence-electron chi connectivity index (χ3n) is 4.53. The average molecular weight is 398 g/mol. The lowest BCUT2D eigenvalue weighted by atomic mass is 10.0. The van der Waals surface area contributed by atoms with E-state index >= 15 is 0 Å². The number of benzene rings is 2. The van der Waals surface area contributed by atoms with Crippen LogP contribution in [-0.2, 0) is 11.2 Å². The lowest BCUT2D eigenvalue weighted by molar-refractivity contribution is -0.123. The summed E-state index contributed by atoms with van der Waals surface area (Å²) in [6.45, 7) is 4.63. The number of hydrogen-bond acceptors (Lipinski definition) is 6. The normalized spacial score (nSPS) is 15.7. The maximum atomic E-state index is 12.3. The van der Waals surface area contributed by atoms with Crippen molar-refractivity contribution in [1.82, 2.24) is 10.9 Å². The van der Waals surface area contributed by atoms with E-state index in [1.165, 1.54) is 0 Å². The van der Waals surface area contributed by atoms with Crippen LogP contribution in [0.25, 0.3) is 0 Å². The number of carbonyl (C=O) groups is 2. The number of hydrazine groups is 1. The molecule has 8 nitrogen and oxygen atoms in total. The SMILES string of the molecule is CC1(C)Cc2cccc(OCC(=O)NNC(=O)c3ccc4c(c3)OCCO4)c2O1. The fourth-order valence-electron chi connectivity index (χ4n) is 3.26. The monoisotopic (exact) mass is 398 g/mol. The molecule has 0 atom stereocenters. The van der Waals surface area contributed by atoms with Crippen LogP contribution in [0.5, 0.6) is 23.0 Å². The number of carbonyl (C=O) groups excluding carboxylic acids is 2. The molecule has 0 bridgehead atoms. The maximum absolute atomic E-state index is 12.3. The van der Waals surface area contributed by atoms with E-state index in [-0.39, 0.29) is 12.2 Å². The van der Waals surface area contributed by atoms with Crippen LogP contribution in [0.4, 0.5) is 0 Å². The Labute approximate surface area is 168 Å². The molecule has 4 rings (SSSR count). The summed E-state index contributed by atoms with van der Waals surface area (Å²) >= 11 is 0. The van der Waals surface area contributed by atoms with Crippen LogP contribution < -0.4 is 29.8 Å². The van der Waals surface area contributed by atoms with Gasteiger partial charge >= 0.3 is 0 Å². The number of amides is 2. The molecule has 2 aromatic rings. The molecule has 2 amide bonds. The Morgan fingerprint density at radius 2 is 1.86 bits per heavy atom. The van der Waals surface area contributed by atoms with Crippen molar-refractivity contribution < 1.29 is 28.5 Å². The van der Waals surface area contributed by atoms with Crippen molar-refractivity contribution in [3.8, 4) is 23.0 Å². The second-order valence-corrected chi connectivity index (χ2v) is 7.43. The van der Waals surface area contributed by atoms with Crippen molar-refractivity contribution in [1.29, 1.82) is 0 Å². The molecule has 8 heteroatoms. The van der Waals surface area contributed by atoms with Crippen LogP contribution in [0.15, 0.2) is 36.4 Å². The molecule has 152 valence electrons. The van der Waals surface area contributed by atoms with Gasteiger partial charge < -0.3 is 18.9 Å². The van der Waals surface area contributed by atoms with Gasteiger partial charge in [0.25, 0.3) is 11.8 Å². The third-order valence-corrected chi connectivity index (χ3v) is 4.53. The highest BCUT2D eigenvalue weighted by Crippen LogP contribution is 2.41. The summed E-state index contributed by atoms with van der Waals surface area (Å²) in [7, 11) is 0. The van der Waals surface area contributed by atoms with Crippen molar-refractivity contribution in [3.05, 3.63) is 47.5 Å². The largest absolute Gasteiger partial charge is 0.486 e. The van der Waals surface area contributed by atoms with Crippen LogP contribution in [0, 0.1) is 0 Å². The van der Waals surface area contributed by atoms with E-state index in [4.69, 9.17) is 18.9 Å². The van der Waals surface area contributed by atoms with E-state index in [1.807, 2.05) is 26.0 Å². The fourth-order valence-corrected chi connectivity index (χ4v) is 3.26. The van der Waals surface area contributed by atoms with E-state index in [1.54, 1.807) is 24.3 Å². The molecule has 0 spiro atoms. The van der Waals surface area contributed by atoms with Gasteiger partial charge in [-0.05, 0) is 38.1 Å². The lowest BCUT2D eigenvalue weighted by Crippen LogP contribution is -2.43. The van der Waals surface area contributed by atoms with Crippen molar-refractivity contribution >= 4 is 11.8 Å². The summed E-state index contributed by atoms with van der Waals surface area (Å²) in [5, 5.41) is 0. The molecule has 2 heterocycles. The number of para-hydroxylation sites is 1. The Bertz CT molecular complexity index is 956. The maximum Gasteiger partial charge on any atom is 0.276 e. The summed E-state index contributed by atoms with van der Waals surface area (Å²) in [6.07, 6.45) is 0.775. The average Bonchev–Trinajstić information content (AvgIpc) is 3.04. The minimum Gasteiger partial charge on any atom is -0.486 e. The van der Waals surface area contributed by atoms with Gasteiger partial charge in [-0.1, -0.05) is 12.1 Å². The molecule has 0 saturated carbocycles. The van der Waals surface area contributed by atoms with Crippen molar-refractivity contribution in [3.63, 3.8) is 0 Å². The number of fused-ring (bicyclic) bond motifs is 2. The summed E-state index contributed by atoms with van der Waals surface area (Å²) in [6, 6.07) is 10.4. The van der Waals surface area contributed by atoms with Gasteiger partial charge in [-0.3, -0.25) is 20.4 Å². The van der Waals surface area contributed by atoms with Crippen LogP contribution in [-0.4, -0.2) is 37.2 Å². The Balaban J connectivity index is 1.30. The smallest absolute Gasteiger partial charge is 0.276 e. The first-order valence-corrected chi connectivity index (χ1v) is 9.34. The lowest BCUT2D eigenvalue weighted by Gasteiger charge is -2.19. The van der Waals surface area contributed by atoms with Gasteiger partial charge in [-0.25, -0.2) is 0 Å². The summed E-state index contributed by atoms with van der Waals surface area (Å²) < 4.78 is 22.4. The van der Waals surface area contributed by atoms with Gasteiger partial charge in [0.2, 0.25) is 0 Å². The molecule has 29 heavy (non-hydrogen) atoms. The molecule has 2 aliphatic heterocycles. The van der Waals surface area contributed by atoms with E-state index in [0.717, 1.165) is 12.0 Å². The van der Waals surface area contributed by atoms with Gasteiger partial charge in [0.15, 0.2) is 29.6 Å². The predicted octanol–water partition coefficient (Wildman–Crippen LogP) is 2.01. The first kappa shape index (κ1) is 18.9. The molecule has 0 aromatic heterocycles. The van der Waals surface area contributed by atoms with Crippen LogP contribution in [0.1, 0.15) is 29.8 Å². The van der Waals surface area contributed by atoms with Gasteiger partial charge in [0, 0.05) is 17.5 Å². The quantitative estimate of drug-likeness (QED) is 0.765. The molecule has 2 aromatic carbocycles. The summed E-state index contributed by atoms with van der Waals surface area (Å²) in [5.74, 6) is 1.28. The van der Waals surface area contributed by atoms with E-state index in [0.29, 0.717) is 41.8 Å². The standard InChI is InChI=1S/C21H22N2O6/c1-21(2)11-14-4-3-5-16(19(14)29-21)28-12-18(24)22-23-20(25)13-6-7-15-17(10-13)27-9-8-26-15/h3-7,10H,8-9,11-12H2,1-2H3,(H,22,24)(H,23,25). The Morgan fingerprint density at radius 1 is 1.07 bits per heavy atom. The van der Waals surface area contributed by atoms with Crippen LogP contribution >= 0.6 is 0 Å². The molecular formula is C21H22N2O6. The second-order valence-electron chi connectivity index (χ2n) is 7.43. The Morgan fingerprint density at radius 3 is 2.69 bits per heavy atom. The predicted molar refractivity (Wildman–Crippen MR) is 103 cm³/mol. The first-order chi connectivity index (χ1) is 13.9. The van der Waals surface area contributed by atoms with Gasteiger partial charge in [-0.2, -0.15) is 0 Å². The Hall–Kier alpha value is -3.42. The van der Waals surface area contributed by atoms with E-state index < -0.39 is 11.8 Å². The summed E-state index contributed by atoms with van der Waals surface area (Å²) in [5.41, 5.74) is 5.78. The minimum atomic E-state index is -0.495. The number of hydrogen-bond donors (Lipinski definition) is 2. The van der Waals surface area contributed by atoms with Crippen molar-refractivity contribution in [2.75, 3.05) is 19.8 Å². The Kier molecular flexibility index (Phi) is 4.92. The highest BCUT2D eigenvalue weighted by molar-refractivity contribution is 5.96. The zero-order chi connectivity index (χ0) is 20.4. The fraction of sp³-hybridized carbons (Fsp3) is 0.333. The number of nitrogens with one attached hydrogen (secondary N) is 2. The van der Waals surface area contributed by atoms with Crippen molar-refractivity contribution in [2.24, 2.45) is 0 Å². The number of rotatable bonds is 4. The zero-order valence-electron chi connectivity index (χ0n) is 16.2. The van der Waals surface area contributed by atoms with Gasteiger partial charge in [-0.15, -0.1) is 0 Å². The molecule has 0 fully saturated rings. The highest BCUT2D eigenvalue weighted by atomic mass is 16.6. The molecular weight excluding hydrogens is 376 g/mol. The third kappa shape index (κ3) is 4.21.